The van der Waals surface area contributed by atoms with E-state index < -0.39 is 12.1 Å². The van der Waals surface area contributed by atoms with E-state index in [0.29, 0.717) is 5.95 Å². The van der Waals surface area contributed by atoms with Crippen LogP contribution in [0.25, 0.3) is 11.2 Å². The van der Waals surface area contributed by atoms with Crippen molar-refractivity contribution in [3.8, 4) is 0 Å². The van der Waals surface area contributed by atoms with Crippen molar-refractivity contribution < 1.29 is 23.1 Å². The van der Waals surface area contributed by atoms with Crippen molar-refractivity contribution in [3.63, 3.8) is 0 Å². The van der Waals surface area contributed by atoms with E-state index in [2.05, 4.69) is 53.8 Å². The van der Waals surface area contributed by atoms with Crippen molar-refractivity contribution in [3.05, 3.63) is 48.4 Å². The van der Waals surface area contributed by atoms with Crippen LogP contribution >= 0.6 is 0 Å². The monoisotopic (exact) mass is 586 g/mol. The zero-order valence-corrected chi connectivity index (χ0v) is 23.2. The molecule has 0 aliphatic carbocycles. The molecule has 6 heterocycles. The number of rotatable bonds is 8. The minimum absolute atomic E-state index is 0.270. The van der Waals surface area contributed by atoms with Crippen LogP contribution in [0, 0.1) is 0 Å². The number of hydrogen-bond donors (Lipinski definition) is 3. The van der Waals surface area contributed by atoms with Gasteiger partial charge in [-0.05, 0) is 38.3 Å². The first-order valence-corrected chi connectivity index (χ1v) is 14.0. The van der Waals surface area contributed by atoms with Gasteiger partial charge in [0, 0.05) is 64.0 Å². The molecule has 0 aromatic carbocycles. The normalized spacial score (nSPS) is 16.6. The van der Waals surface area contributed by atoms with Crippen molar-refractivity contribution in [1.82, 2.24) is 34.1 Å². The number of anilines is 3. The Morgan fingerprint density at radius 3 is 2.69 bits per heavy atom. The molecule has 4 aromatic heterocycles. The zero-order chi connectivity index (χ0) is 29.7. The van der Waals surface area contributed by atoms with Crippen LogP contribution in [-0.2, 0) is 30.7 Å². The number of nitrogens with one attached hydrogen (secondary N) is 2. The standard InChI is InChI=1S/C25H32N10.C2HF3O2/c1-2-33-17-28-22-23(30-19-10-14-35(16-19)20-7-3-5-11-26-20)31-25(32-24(22)33)27-12-9-18-15-34-13-6-4-8-21(34)29-18;3-2(4,5)1(6)7/h3,5,7,11,15,17,19H,2,4,6,8-10,12-14,16H2,1H3,(H2,27,30,31,32);(H,6,7)/t19-;/m1./s1. The molecule has 42 heavy (non-hydrogen) atoms. The lowest BCUT2D eigenvalue weighted by molar-refractivity contribution is -0.192. The number of carbonyl (C=O) groups is 1. The number of pyridine rings is 1. The van der Waals surface area contributed by atoms with Crippen molar-refractivity contribution >= 4 is 34.7 Å². The molecule has 12 nitrogen and oxygen atoms in total. The Morgan fingerprint density at radius 2 is 1.98 bits per heavy atom. The minimum atomic E-state index is -5.08. The lowest BCUT2D eigenvalue weighted by atomic mass is 10.2. The molecule has 2 aliphatic rings. The molecule has 6 rings (SSSR count). The van der Waals surface area contributed by atoms with E-state index in [0.717, 1.165) is 80.5 Å². The molecule has 3 N–H and O–H groups in total. The van der Waals surface area contributed by atoms with Crippen LogP contribution in [0.3, 0.4) is 0 Å². The molecule has 224 valence electrons. The number of aryl methyl sites for hydroxylation is 3. The highest BCUT2D eigenvalue weighted by atomic mass is 19.4. The number of carboxylic acid groups (broad SMARTS) is 1. The third-order valence-electron chi connectivity index (χ3n) is 7.17. The Labute approximate surface area is 240 Å². The number of fused-ring (bicyclic) bond motifs is 2. The summed E-state index contributed by atoms with van der Waals surface area (Å²) in [6.45, 7) is 6.58. The Morgan fingerprint density at radius 1 is 1.14 bits per heavy atom. The van der Waals surface area contributed by atoms with Crippen molar-refractivity contribution in [1.29, 1.82) is 0 Å². The van der Waals surface area contributed by atoms with Gasteiger partial charge in [0.2, 0.25) is 5.95 Å². The van der Waals surface area contributed by atoms with E-state index in [1.165, 1.54) is 18.7 Å². The third-order valence-corrected chi connectivity index (χ3v) is 7.17. The Bertz CT molecular complexity index is 1480. The second-order valence-corrected chi connectivity index (χ2v) is 10.1. The zero-order valence-electron chi connectivity index (χ0n) is 23.2. The molecule has 15 heteroatoms. The molecule has 2 aliphatic heterocycles. The quantitative estimate of drug-likeness (QED) is 0.280. The predicted octanol–water partition coefficient (Wildman–Crippen LogP) is 3.75. The molecule has 0 radical (unpaired) electrons. The molecule has 4 aromatic rings. The first kappa shape index (κ1) is 29.1. The van der Waals surface area contributed by atoms with Crippen LogP contribution in [0.5, 0.6) is 0 Å². The van der Waals surface area contributed by atoms with E-state index in [4.69, 9.17) is 24.9 Å². The molecular formula is C27H33F3N10O2. The highest BCUT2D eigenvalue weighted by Crippen LogP contribution is 2.25. The lowest BCUT2D eigenvalue weighted by Gasteiger charge is -2.18. The summed E-state index contributed by atoms with van der Waals surface area (Å²) >= 11 is 0. The van der Waals surface area contributed by atoms with Crippen LogP contribution in [0.2, 0.25) is 0 Å². The topological polar surface area (TPSA) is 139 Å². The minimum Gasteiger partial charge on any atom is -0.475 e. The molecule has 0 saturated carbocycles. The van der Waals surface area contributed by atoms with E-state index in [1.54, 1.807) is 0 Å². The molecule has 0 bridgehead atoms. The van der Waals surface area contributed by atoms with Gasteiger partial charge in [0.25, 0.3) is 0 Å². The molecule has 0 amide bonds. The second-order valence-electron chi connectivity index (χ2n) is 10.1. The predicted molar refractivity (Wildman–Crippen MR) is 151 cm³/mol. The first-order chi connectivity index (χ1) is 20.2. The van der Waals surface area contributed by atoms with Gasteiger partial charge in [-0.15, -0.1) is 0 Å². The highest BCUT2D eigenvalue weighted by Gasteiger charge is 2.38. The van der Waals surface area contributed by atoms with Crippen LogP contribution in [0.4, 0.5) is 30.8 Å². The fraction of sp³-hybridized carbons (Fsp3) is 0.481. The second kappa shape index (κ2) is 12.6. The van der Waals surface area contributed by atoms with Crippen molar-refractivity contribution in [2.45, 2.75) is 64.3 Å². The van der Waals surface area contributed by atoms with E-state index in [1.807, 2.05) is 24.7 Å². The summed E-state index contributed by atoms with van der Waals surface area (Å²) in [6, 6.07) is 6.32. The summed E-state index contributed by atoms with van der Waals surface area (Å²) < 4.78 is 36.1. The molecule has 0 spiro atoms. The maximum absolute atomic E-state index is 10.6. The summed E-state index contributed by atoms with van der Waals surface area (Å²) in [6.07, 6.45) is 6.25. The number of nitrogens with zero attached hydrogens (tertiary/aromatic N) is 8. The molecule has 0 unspecified atom stereocenters. The van der Waals surface area contributed by atoms with Gasteiger partial charge in [-0.3, -0.25) is 0 Å². The number of halogens is 3. The molecule has 1 saturated heterocycles. The maximum atomic E-state index is 10.6. The van der Waals surface area contributed by atoms with Gasteiger partial charge >= 0.3 is 12.1 Å². The molecular weight excluding hydrogens is 553 g/mol. The Balaban J connectivity index is 0.000000451. The van der Waals surface area contributed by atoms with Gasteiger partial charge in [-0.2, -0.15) is 23.1 Å². The van der Waals surface area contributed by atoms with Crippen LogP contribution in [-0.4, -0.2) is 77.0 Å². The summed E-state index contributed by atoms with van der Waals surface area (Å²) in [5.74, 6) is 0.892. The van der Waals surface area contributed by atoms with Crippen molar-refractivity contribution in [2.24, 2.45) is 0 Å². The smallest absolute Gasteiger partial charge is 0.475 e. The van der Waals surface area contributed by atoms with Gasteiger partial charge in [0.15, 0.2) is 17.0 Å². The summed E-state index contributed by atoms with van der Waals surface area (Å²) in [5.41, 5.74) is 2.80. The molecule has 1 atom stereocenters. The summed E-state index contributed by atoms with van der Waals surface area (Å²) in [7, 11) is 0. The Kier molecular flexibility index (Phi) is 8.73. The number of imidazole rings is 2. The number of alkyl halides is 3. The maximum Gasteiger partial charge on any atom is 0.490 e. The SMILES string of the molecule is CCn1cnc2c(N[C@@H]3CCN(c4ccccn4)C3)nc(NCCc3cn4c(n3)CCCC4)nc21.O=C(O)C(F)(F)F. The number of hydrogen-bond acceptors (Lipinski definition) is 9. The van der Waals surface area contributed by atoms with Crippen LogP contribution in [0.15, 0.2) is 36.9 Å². The summed E-state index contributed by atoms with van der Waals surface area (Å²) in [5, 5.41) is 14.2. The Hall–Kier alpha value is -4.43. The fourth-order valence-corrected chi connectivity index (χ4v) is 5.07. The van der Waals surface area contributed by atoms with Gasteiger partial charge in [0.1, 0.15) is 11.6 Å². The van der Waals surface area contributed by atoms with Crippen molar-refractivity contribution in [2.75, 3.05) is 35.2 Å². The number of carboxylic acids is 1. The van der Waals surface area contributed by atoms with Gasteiger partial charge in [-0.1, -0.05) is 6.07 Å². The third kappa shape index (κ3) is 6.89. The van der Waals surface area contributed by atoms with Crippen LogP contribution in [0.1, 0.15) is 37.7 Å². The molecule has 1 fully saturated rings. The van der Waals surface area contributed by atoms with E-state index in [-0.39, 0.29) is 6.04 Å². The summed E-state index contributed by atoms with van der Waals surface area (Å²) in [4.78, 5) is 34.8. The largest absolute Gasteiger partial charge is 0.490 e. The highest BCUT2D eigenvalue weighted by molar-refractivity contribution is 5.84. The average molecular weight is 587 g/mol. The van der Waals surface area contributed by atoms with E-state index in [9.17, 15) is 13.2 Å². The van der Waals surface area contributed by atoms with E-state index >= 15 is 0 Å². The van der Waals surface area contributed by atoms with Gasteiger partial charge in [-0.25, -0.2) is 19.7 Å². The van der Waals surface area contributed by atoms with Gasteiger partial charge < -0.3 is 29.8 Å². The number of aliphatic carboxylic acids is 1. The average Bonchev–Trinajstić information content (AvgIpc) is 3.71. The number of aromatic nitrogens is 7. The van der Waals surface area contributed by atoms with Crippen LogP contribution < -0.4 is 15.5 Å². The van der Waals surface area contributed by atoms with Gasteiger partial charge in [0.05, 0.1) is 12.0 Å². The fourth-order valence-electron chi connectivity index (χ4n) is 5.07. The lowest BCUT2D eigenvalue weighted by Crippen LogP contribution is -2.27. The first-order valence-electron chi connectivity index (χ1n) is 14.0.